The average molecular weight is 391 g/mol. The van der Waals surface area contributed by atoms with Gasteiger partial charge in [0.15, 0.2) is 0 Å². The standard InChI is InChI=1S/C21H30FN3O3/c1-20(2,28-3)10-13-25-18(26)21(24-19(25)27,16-8-11-23-12-9-16)14-15-6-4-5-7-17(15)22/h4-7,16,23H,8-14H2,1-3H3,(H,24,27)/t21-/m0/s1. The van der Waals surface area contributed by atoms with Crippen molar-refractivity contribution < 1.29 is 18.7 Å². The number of amides is 3. The Morgan fingerprint density at radius 3 is 2.57 bits per heavy atom. The molecule has 1 aromatic carbocycles. The molecule has 2 saturated heterocycles. The lowest BCUT2D eigenvalue weighted by molar-refractivity contribution is -0.134. The molecule has 2 aliphatic rings. The van der Waals surface area contributed by atoms with Crippen molar-refractivity contribution in [1.29, 1.82) is 0 Å². The monoisotopic (exact) mass is 391 g/mol. The van der Waals surface area contributed by atoms with Crippen LogP contribution in [0.1, 0.15) is 38.7 Å². The van der Waals surface area contributed by atoms with Gasteiger partial charge in [0.1, 0.15) is 11.4 Å². The van der Waals surface area contributed by atoms with Crippen LogP contribution in [0.25, 0.3) is 0 Å². The maximum absolute atomic E-state index is 14.4. The normalized spacial score (nSPS) is 23.9. The lowest BCUT2D eigenvalue weighted by Crippen LogP contribution is -2.57. The van der Waals surface area contributed by atoms with Crippen molar-refractivity contribution >= 4 is 11.9 Å². The zero-order chi connectivity index (χ0) is 20.4. The first-order valence-electron chi connectivity index (χ1n) is 9.92. The van der Waals surface area contributed by atoms with E-state index in [-0.39, 0.29) is 30.6 Å². The first-order chi connectivity index (χ1) is 13.3. The number of hydrogen-bond donors (Lipinski definition) is 2. The zero-order valence-corrected chi connectivity index (χ0v) is 16.9. The number of imide groups is 1. The summed E-state index contributed by atoms with van der Waals surface area (Å²) in [6.07, 6.45) is 2.22. The third kappa shape index (κ3) is 4.05. The number of benzene rings is 1. The fourth-order valence-corrected chi connectivity index (χ4v) is 4.13. The van der Waals surface area contributed by atoms with Crippen LogP contribution < -0.4 is 10.6 Å². The van der Waals surface area contributed by atoms with E-state index in [2.05, 4.69) is 10.6 Å². The number of nitrogens with one attached hydrogen (secondary N) is 2. The summed E-state index contributed by atoms with van der Waals surface area (Å²) in [4.78, 5) is 27.6. The second kappa shape index (κ2) is 8.17. The van der Waals surface area contributed by atoms with Gasteiger partial charge in [0.05, 0.1) is 5.60 Å². The number of rotatable bonds is 7. The van der Waals surface area contributed by atoms with E-state index in [0.717, 1.165) is 25.9 Å². The summed E-state index contributed by atoms with van der Waals surface area (Å²) in [5, 5.41) is 6.26. The van der Waals surface area contributed by atoms with Gasteiger partial charge in [-0.3, -0.25) is 9.69 Å². The van der Waals surface area contributed by atoms with Crippen LogP contribution >= 0.6 is 0 Å². The molecule has 3 amide bonds. The number of ether oxygens (including phenoxy) is 1. The minimum atomic E-state index is -1.10. The first-order valence-corrected chi connectivity index (χ1v) is 9.92. The highest BCUT2D eigenvalue weighted by Gasteiger charge is 2.55. The van der Waals surface area contributed by atoms with Gasteiger partial charge in [-0.1, -0.05) is 18.2 Å². The van der Waals surface area contributed by atoms with Gasteiger partial charge in [-0.05, 0) is 63.7 Å². The van der Waals surface area contributed by atoms with E-state index in [1.807, 2.05) is 13.8 Å². The summed E-state index contributed by atoms with van der Waals surface area (Å²) in [5.41, 5.74) is -1.08. The molecule has 2 aliphatic heterocycles. The van der Waals surface area contributed by atoms with E-state index in [0.29, 0.717) is 12.0 Å². The van der Waals surface area contributed by atoms with Gasteiger partial charge in [-0.2, -0.15) is 0 Å². The van der Waals surface area contributed by atoms with Crippen molar-refractivity contribution in [3.8, 4) is 0 Å². The Morgan fingerprint density at radius 1 is 1.25 bits per heavy atom. The highest BCUT2D eigenvalue weighted by atomic mass is 19.1. The molecule has 6 nitrogen and oxygen atoms in total. The average Bonchev–Trinajstić information content (AvgIpc) is 2.93. The van der Waals surface area contributed by atoms with Gasteiger partial charge in [-0.25, -0.2) is 9.18 Å². The van der Waals surface area contributed by atoms with Crippen LogP contribution in [-0.4, -0.2) is 54.7 Å². The summed E-state index contributed by atoms with van der Waals surface area (Å²) in [5.74, 6) is -0.637. The minimum Gasteiger partial charge on any atom is -0.379 e. The van der Waals surface area contributed by atoms with Crippen molar-refractivity contribution in [2.24, 2.45) is 5.92 Å². The lowest BCUT2D eigenvalue weighted by atomic mass is 9.74. The maximum atomic E-state index is 14.4. The van der Waals surface area contributed by atoms with E-state index in [1.165, 1.54) is 11.0 Å². The fraction of sp³-hybridized carbons (Fsp3) is 0.619. The Labute approximate surface area is 165 Å². The van der Waals surface area contributed by atoms with Crippen molar-refractivity contribution in [3.63, 3.8) is 0 Å². The number of urea groups is 1. The number of methoxy groups -OCH3 is 1. The Bertz CT molecular complexity index is 733. The number of carbonyl (C=O) groups excluding carboxylic acids is 2. The molecule has 0 bridgehead atoms. The van der Waals surface area contributed by atoms with E-state index in [4.69, 9.17) is 4.74 Å². The molecular weight excluding hydrogens is 361 g/mol. The van der Waals surface area contributed by atoms with Gasteiger partial charge in [0.25, 0.3) is 5.91 Å². The molecule has 28 heavy (non-hydrogen) atoms. The second-order valence-corrected chi connectivity index (χ2v) is 8.36. The molecule has 0 spiro atoms. The highest BCUT2D eigenvalue weighted by Crippen LogP contribution is 2.36. The molecule has 2 heterocycles. The van der Waals surface area contributed by atoms with Gasteiger partial charge in [-0.15, -0.1) is 0 Å². The van der Waals surface area contributed by atoms with E-state index in [1.54, 1.807) is 25.3 Å². The van der Waals surface area contributed by atoms with Crippen LogP contribution in [0.15, 0.2) is 24.3 Å². The molecule has 0 aromatic heterocycles. The molecule has 0 aliphatic carbocycles. The largest absolute Gasteiger partial charge is 0.379 e. The van der Waals surface area contributed by atoms with Crippen LogP contribution in [0.4, 0.5) is 9.18 Å². The fourth-order valence-electron chi connectivity index (χ4n) is 4.13. The third-order valence-corrected chi connectivity index (χ3v) is 6.16. The Balaban J connectivity index is 1.89. The minimum absolute atomic E-state index is 0.0368. The van der Waals surface area contributed by atoms with Crippen molar-refractivity contribution in [1.82, 2.24) is 15.5 Å². The molecule has 2 N–H and O–H groups in total. The number of piperidine rings is 1. The molecule has 2 fully saturated rings. The third-order valence-electron chi connectivity index (χ3n) is 6.16. The summed E-state index contributed by atoms with van der Waals surface area (Å²) in [6.45, 7) is 5.68. The van der Waals surface area contributed by atoms with Crippen LogP contribution in [0.5, 0.6) is 0 Å². The van der Waals surface area contributed by atoms with Crippen LogP contribution in [-0.2, 0) is 16.0 Å². The number of hydrogen-bond acceptors (Lipinski definition) is 4. The molecule has 0 unspecified atom stereocenters. The lowest BCUT2D eigenvalue weighted by Gasteiger charge is -2.38. The maximum Gasteiger partial charge on any atom is 0.325 e. The first kappa shape index (κ1) is 20.7. The molecule has 0 saturated carbocycles. The Morgan fingerprint density at radius 2 is 1.93 bits per heavy atom. The molecule has 3 rings (SSSR count). The predicted molar refractivity (Wildman–Crippen MR) is 104 cm³/mol. The quantitative estimate of drug-likeness (QED) is 0.701. The Kier molecular flexibility index (Phi) is 6.05. The van der Waals surface area contributed by atoms with Gasteiger partial charge < -0.3 is 15.4 Å². The van der Waals surface area contributed by atoms with Gasteiger partial charge in [0.2, 0.25) is 0 Å². The number of carbonyl (C=O) groups is 2. The van der Waals surface area contributed by atoms with Crippen LogP contribution in [0.3, 0.4) is 0 Å². The summed E-state index contributed by atoms with van der Waals surface area (Å²) < 4.78 is 19.8. The van der Waals surface area contributed by atoms with Gasteiger partial charge >= 0.3 is 6.03 Å². The molecule has 1 aromatic rings. The van der Waals surface area contributed by atoms with Crippen molar-refractivity contribution in [2.45, 2.75) is 50.7 Å². The topological polar surface area (TPSA) is 70.7 Å². The van der Waals surface area contributed by atoms with Crippen LogP contribution in [0, 0.1) is 11.7 Å². The smallest absolute Gasteiger partial charge is 0.325 e. The molecule has 0 radical (unpaired) electrons. The van der Waals surface area contributed by atoms with E-state index < -0.39 is 17.2 Å². The molecule has 1 atom stereocenters. The highest BCUT2D eigenvalue weighted by molar-refractivity contribution is 6.07. The number of nitrogens with zero attached hydrogens (tertiary/aromatic N) is 1. The van der Waals surface area contributed by atoms with E-state index in [9.17, 15) is 14.0 Å². The van der Waals surface area contributed by atoms with Gasteiger partial charge in [0, 0.05) is 20.1 Å². The molecule has 154 valence electrons. The summed E-state index contributed by atoms with van der Waals surface area (Å²) in [7, 11) is 1.61. The predicted octanol–water partition coefficient (Wildman–Crippen LogP) is 2.47. The molecule has 7 heteroatoms. The zero-order valence-electron chi connectivity index (χ0n) is 16.9. The number of halogens is 1. The Hall–Kier alpha value is -1.99. The van der Waals surface area contributed by atoms with Crippen molar-refractivity contribution in [2.75, 3.05) is 26.7 Å². The second-order valence-electron chi connectivity index (χ2n) is 8.36. The van der Waals surface area contributed by atoms with Crippen molar-refractivity contribution in [3.05, 3.63) is 35.6 Å². The van der Waals surface area contributed by atoms with Crippen LogP contribution in [0.2, 0.25) is 0 Å². The summed E-state index contributed by atoms with van der Waals surface area (Å²) >= 11 is 0. The SMILES string of the molecule is COC(C)(C)CCN1C(=O)N[C@@](Cc2ccccc2F)(C2CCNCC2)C1=O. The van der Waals surface area contributed by atoms with E-state index >= 15 is 0 Å². The summed E-state index contributed by atoms with van der Waals surface area (Å²) in [6, 6.07) is 6.07. The molecular formula is C21H30FN3O3.